The molecule has 0 aliphatic carbocycles. The van der Waals surface area contributed by atoms with Gasteiger partial charge in [-0.2, -0.15) is 0 Å². The van der Waals surface area contributed by atoms with Crippen LogP contribution in [0.1, 0.15) is 23.3 Å². The summed E-state index contributed by atoms with van der Waals surface area (Å²) in [5.41, 5.74) is 0.500. The first-order chi connectivity index (χ1) is 11.1. The van der Waals surface area contributed by atoms with Crippen LogP contribution in [-0.4, -0.2) is 39.4 Å². The Morgan fingerprint density at radius 3 is 2.87 bits per heavy atom. The van der Waals surface area contributed by atoms with Crippen molar-refractivity contribution in [2.75, 3.05) is 11.4 Å². The summed E-state index contributed by atoms with van der Waals surface area (Å²) < 4.78 is 15.2. The van der Waals surface area contributed by atoms with E-state index in [4.69, 9.17) is 0 Å². The summed E-state index contributed by atoms with van der Waals surface area (Å²) in [6, 6.07) is 5.43. The molecule has 1 aromatic carbocycles. The van der Waals surface area contributed by atoms with Gasteiger partial charge >= 0.3 is 0 Å². The molecule has 1 aliphatic rings. The fraction of sp³-hybridized carbons (Fsp3) is 0.333. The standard InChI is InChI=1S/C15H16FN5O2/c1-20-13(9-17-19-20)14(22)18-11-6-4-8-21(15(11)23)12-7-3-2-5-10(12)16/h2-3,5,7,9,11H,4,6,8H2,1H3,(H,18,22). The van der Waals surface area contributed by atoms with Crippen LogP contribution >= 0.6 is 0 Å². The number of hydrogen-bond acceptors (Lipinski definition) is 4. The second-order valence-corrected chi connectivity index (χ2v) is 5.35. The van der Waals surface area contributed by atoms with Gasteiger partial charge in [-0.1, -0.05) is 17.3 Å². The molecule has 3 rings (SSSR count). The normalized spacial score (nSPS) is 18.1. The maximum Gasteiger partial charge on any atom is 0.271 e. The van der Waals surface area contributed by atoms with E-state index in [-0.39, 0.29) is 17.3 Å². The van der Waals surface area contributed by atoms with Crippen LogP contribution < -0.4 is 10.2 Å². The van der Waals surface area contributed by atoms with Crippen molar-refractivity contribution in [2.45, 2.75) is 18.9 Å². The van der Waals surface area contributed by atoms with E-state index in [2.05, 4.69) is 15.6 Å². The van der Waals surface area contributed by atoms with Gasteiger partial charge in [-0.05, 0) is 25.0 Å². The van der Waals surface area contributed by atoms with Gasteiger partial charge < -0.3 is 10.2 Å². The predicted octanol–water partition coefficient (Wildman–Crippen LogP) is 0.880. The number of nitrogens with one attached hydrogen (secondary N) is 1. The first-order valence-corrected chi connectivity index (χ1v) is 7.29. The Labute approximate surface area is 132 Å². The first-order valence-electron chi connectivity index (χ1n) is 7.29. The Hall–Kier alpha value is -2.77. The van der Waals surface area contributed by atoms with Crippen LogP contribution in [0.2, 0.25) is 0 Å². The second kappa shape index (κ2) is 6.15. The average Bonchev–Trinajstić information content (AvgIpc) is 2.96. The average molecular weight is 317 g/mol. The summed E-state index contributed by atoms with van der Waals surface area (Å²) in [6.07, 6.45) is 2.52. The maximum atomic E-state index is 13.9. The molecule has 2 aromatic rings. The molecule has 23 heavy (non-hydrogen) atoms. The molecule has 120 valence electrons. The molecule has 0 spiro atoms. The van der Waals surface area contributed by atoms with Crippen molar-refractivity contribution < 1.29 is 14.0 Å². The lowest BCUT2D eigenvalue weighted by Gasteiger charge is -2.32. The van der Waals surface area contributed by atoms with Gasteiger partial charge in [0.15, 0.2) is 0 Å². The van der Waals surface area contributed by atoms with Crippen molar-refractivity contribution in [2.24, 2.45) is 7.05 Å². The largest absolute Gasteiger partial charge is 0.339 e. The molecule has 1 saturated heterocycles. The highest BCUT2D eigenvalue weighted by Gasteiger charge is 2.32. The van der Waals surface area contributed by atoms with Gasteiger partial charge in [0.1, 0.15) is 17.6 Å². The SMILES string of the molecule is Cn1nncc1C(=O)NC1CCCN(c2ccccc2F)C1=O. The highest BCUT2D eigenvalue weighted by atomic mass is 19.1. The minimum atomic E-state index is -0.689. The van der Waals surface area contributed by atoms with Gasteiger partial charge in [0, 0.05) is 13.6 Å². The second-order valence-electron chi connectivity index (χ2n) is 5.35. The smallest absolute Gasteiger partial charge is 0.271 e. The summed E-state index contributed by atoms with van der Waals surface area (Å²) >= 11 is 0. The minimum absolute atomic E-state index is 0.235. The highest BCUT2D eigenvalue weighted by Crippen LogP contribution is 2.24. The fourth-order valence-electron chi connectivity index (χ4n) is 2.65. The van der Waals surface area contributed by atoms with Crippen LogP contribution in [0.4, 0.5) is 10.1 Å². The Bertz CT molecular complexity index is 745. The Morgan fingerprint density at radius 1 is 1.39 bits per heavy atom. The molecule has 1 aromatic heterocycles. The van der Waals surface area contributed by atoms with E-state index in [0.717, 1.165) is 0 Å². The van der Waals surface area contributed by atoms with Gasteiger partial charge in [0.25, 0.3) is 5.91 Å². The third-order valence-corrected chi connectivity index (χ3v) is 3.83. The maximum absolute atomic E-state index is 13.9. The third-order valence-electron chi connectivity index (χ3n) is 3.83. The number of hydrogen-bond donors (Lipinski definition) is 1. The zero-order valence-electron chi connectivity index (χ0n) is 12.6. The number of benzene rings is 1. The van der Waals surface area contributed by atoms with Crippen LogP contribution in [0, 0.1) is 5.82 Å². The Kier molecular flexibility index (Phi) is 4.05. The number of rotatable bonds is 3. The molecule has 7 nitrogen and oxygen atoms in total. The van der Waals surface area contributed by atoms with Crippen LogP contribution in [0.5, 0.6) is 0 Å². The number of nitrogens with zero attached hydrogens (tertiary/aromatic N) is 4. The molecule has 0 bridgehead atoms. The van der Waals surface area contributed by atoms with Gasteiger partial charge in [0.2, 0.25) is 5.91 Å². The molecule has 1 unspecified atom stereocenters. The number of carbonyl (C=O) groups excluding carboxylic acids is 2. The lowest BCUT2D eigenvalue weighted by Crippen LogP contribution is -2.52. The van der Waals surface area contributed by atoms with Crippen molar-refractivity contribution in [3.05, 3.63) is 42.0 Å². The summed E-state index contributed by atoms with van der Waals surface area (Å²) in [6.45, 7) is 0.430. The van der Waals surface area contributed by atoms with Gasteiger partial charge in [0.05, 0.1) is 11.9 Å². The van der Waals surface area contributed by atoms with Gasteiger partial charge in [-0.25, -0.2) is 9.07 Å². The molecule has 0 saturated carbocycles. The zero-order valence-corrected chi connectivity index (χ0v) is 12.6. The van der Waals surface area contributed by atoms with E-state index in [1.165, 1.54) is 21.8 Å². The fourth-order valence-corrected chi connectivity index (χ4v) is 2.65. The lowest BCUT2D eigenvalue weighted by atomic mass is 10.0. The molecule has 2 heterocycles. The number of anilines is 1. The zero-order chi connectivity index (χ0) is 16.4. The molecule has 1 aliphatic heterocycles. The summed E-state index contributed by atoms with van der Waals surface area (Å²) in [4.78, 5) is 26.1. The van der Waals surface area contributed by atoms with E-state index in [9.17, 15) is 14.0 Å². The Morgan fingerprint density at radius 2 is 2.17 bits per heavy atom. The molecule has 2 amide bonds. The predicted molar refractivity (Wildman–Crippen MR) is 80.2 cm³/mol. The van der Waals surface area contributed by atoms with E-state index in [0.29, 0.717) is 19.4 Å². The minimum Gasteiger partial charge on any atom is -0.339 e. The monoisotopic (exact) mass is 317 g/mol. The highest BCUT2D eigenvalue weighted by molar-refractivity contribution is 6.02. The third kappa shape index (κ3) is 2.92. The number of aromatic nitrogens is 3. The van der Waals surface area contributed by atoms with Gasteiger partial charge in [-0.3, -0.25) is 9.59 Å². The molecular weight excluding hydrogens is 301 g/mol. The molecule has 0 radical (unpaired) electrons. The van der Waals surface area contributed by atoms with Crippen LogP contribution in [0.3, 0.4) is 0 Å². The molecule has 1 fully saturated rings. The topological polar surface area (TPSA) is 80.1 Å². The number of para-hydroxylation sites is 1. The summed E-state index contributed by atoms with van der Waals surface area (Å²) in [7, 11) is 1.59. The molecule has 1 atom stereocenters. The van der Waals surface area contributed by atoms with E-state index >= 15 is 0 Å². The summed E-state index contributed by atoms with van der Waals surface area (Å²) in [5.74, 6) is -1.19. The van der Waals surface area contributed by atoms with Crippen molar-refractivity contribution in [3.8, 4) is 0 Å². The molecule has 1 N–H and O–H groups in total. The van der Waals surface area contributed by atoms with Crippen molar-refractivity contribution in [1.82, 2.24) is 20.3 Å². The number of carbonyl (C=O) groups is 2. The van der Waals surface area contributed by atoms with Crippen LogP contribution in [0.15, 0.2) is 30.5 Å². The van der Waals surface area contributed by atoms with E-state index < -0.39 is 17.8 Å². The lowest BCUT2D eigenvalue weighted by molar-refractivity contribution is -0.121. The number of aryl methyl sites for hydroxylation is 1. The molecule has 8 heteroatoms. The van der Waals surface area contributed by atoms with E-state index in [1.807, 2.05) is 0 Å². The first kappa shape index (κ1) is 15.1. The van der Waals surface area contributed by atoms with Gasteiger partial charge in [-0.15, -0.1) is 5.10 Å². The summed E-state index contributed by atoms with van der Waals surface area (Å²) in [5, 5.41) is 10.00. The van der Waals surface area contributed by atoms with Crippen LogP contribution in [-0.2, 0) is 11.8 Å². The number of piperidine rings is 1. The Balaban J connectivity index is 1.77. The van der Waals surface area contributed by atoms with Crippen LogP contribution in [0.25, 0.3) is 0 Å². The van der Waals surface area contributed by atoms with Crippen molar-refractivity contribution in [3.63, 3.8) is 0 Å². The van der Waals surface area contributed by atoms with Crippen molar-refractivity contribution >= 4 is 17.5 Å². The number of halogens is 1. The van der Waals surface area contributed by atoms with E-state index in [1.54, 1.807) is 25.2 Å². The number of amides is 2. The van der Waals surface area contributed by atoms with Crippen molar-refractivity contribution in [1.29, 1.82) is 0 Å². The molecular formula is C15H16FN5O2. The quantitative estimate of drug-likeness (QED) is 0.911.